The topological polar surface area (TPSA) is 76.3 Å². The summed E-state index contributed by atoms with van der Waals surface area (Å²) in [5.74, 6) is 0.0926. The molecule has 1 aliphatic heterocycles. The monoisotopic (exact) mass is 421 g/mol. The van der Waals surface area contributed by atoms with Crippen molar-refractivity contribution in [2.75, 3.05) is 6.54 Å². The van der Waals surface area contributed by atoms with Gasteiger partial charge in [0.15, 0.2) is 0 Å². The van der Waals surface area contributed by atoms with E-state index < -0.39 is 10.0 Å². The molecule has 1 saturated heterocycles. The maximum Gasteiger partial charge on any atom is 0.268 e. The Labute approximate surface area is 167 Å². The van der Waals surface area contributed by atoms with Crippen molar-refractivity contribution in [1.82, 2.24) is 14.4 Å². The predicted molar refractivity (Wildman–Crippen MR) is 105 cm³/mol. The van der Waals surface area contributed by atoms with Gasteiger partial charge in [0, 0.05) is 23.0 Å². The van der Waals surface area contributed by atoms with Crippen LogP contribution >= 0.6 is 11.3 Å². The van der Waals surface area contributed by atoms with Crippen LogP contribution in [0.4, 0.5) is 4.39 Å². The first-order valence-electron chi connectivity index (χ1n) is 9.08. The van der Waals surface area contributed by atoms with Crippen LogP contribution in [-0.4, -0.2) is 35.5 Å². The van der Waals surface area contributed by atoms with Crippen LogP contribution in [0.15, 0.2) is 39.8 Å². The van der Waals surface area contributed by atoms with Gasteiger partial charge in [-0.2, -0.15) is 9.29 Å². The molecule has 0 unspecified atom stereocenters. The van der Waals surface area contributed by atoms with E-state index in [9.17, 15) is 12.8 Å². The van der Waals surface area contributed by atoms with E-state index in [1.807, 2.05) is 6.92 Å². The number of rotatable bonds is 4. The molecule has 6 nitrogen and oxygen atoms in total. The van der Waals surface area contributed by atoms with E-state index in [4.69, 9.17) is 4.52 Å². The van der Waals surface area contributed by atoms with Crippen LogP contribution in [0.5, 0.6) is 0 Å². The standard InChI is InChI=1S/C19H20FN3O3S2/c1-12-6-3-4-9-23(12)28(24,25)17-11-16(27-13(17)2)19-21-18(22-26-19)14-7-5-8-15(20)10-14/h5,7-8,10-12H,3-4,6,9H2,1-2H3/t12-/m1/s1. The van der Waals surface area contributed by atoms with Gasteiger partial charge in [-0.25, -0.2) is 12.8 Å². The van der Waals surface area contributed by atoms with Gasteiger partial charge in [0.05, 0.1) is 9.77 Å². The minimum absolute atomic E-state index is 0.00974. The van der Waals surface area contributed by atoms with Gasteiger partial charge in [0.2, 0.25) is 15.8 Å². The van der Waals surface area contributed by atoms with Crippen LogP contribution in [0.2, 0.25) is 0 Å². The minimum atomic E-state index is -3.58. The smallest absolute Gasteiger partial charge is 0.268 e. The molecule has 0 radical (unpaired) electrons. The van der Waals surface area contributed by atoms with E-state index in [2.05, 4.69) is 10.1 Å². The molecule has 3 heterocycles. The Morgan fingerprint density at radius 1 is 1.29 bits per heavy atom. The number of hydrogen-bond donors (Lipinski definition) is 0. The van der Waals surface area contributed by atoms with Gasteiger partial charge in [0.25, 0.3) is 5.89 Å². The van der Waals surface area contributed by atoms with E-state index in [1.165, 1.54) is 23.5 Å². The molecule has 0 saturated carbocycles. The van der Waals surface area contributed by atoms with Crippen molar-refractivity contribution < 1.29 is 17.3 Å². The van der Waals surface area contributed by atoms with Crippen molar-refractivity contribution in [2.45, 2.75) is 44.0 Å². The Bertz CT molecular complexity index is 1110. The third-order valence-corrected chi connectivity index (χ3v) is 8.23. The molecule has 28 heavy (non-hydrogen) atoms. The van der Waals surface area contributed by atoms with Crippen molar-refractivity contribution >= 4 is 21.4 Å². The van der Waals surface area contributed by atoms with Gasteiger partial charge in [-0.15, -0.1) is 11.3 Å². The van der Waals surface area contributed by atoms with Gasteiger partial charge in [-0.05, 0) is 44.9 Å². The average Bonchev–Trinajstić information content (AvgIpc) is 3.29. The zero-order chi connectivity index (χ0) is 19.9. The van der Waals surface area contributed by atoms with Crippen molar-refractivity contribution in [3.8, 4) is 22.2 Å². The second-order valence-corrected chi connectivity index (χ2v) is 10.0. The maximum atomic E-state index is 13.4. The van der Waals surface area contributed by atoms with Crippen LogP contribution in [0.3, 0.4) is 0 Å². The number of aryl methyl sites for hydroxylation is 1. The predicted octanol–water partition coefficient (Wildman–Crippen LogP) is 4.48. The van der Waals surface area contributed by atoms with Gasteiger partial charge in [-0.1, -0.05) is 23.7 Å². The molecule has 0 bridgehead atoms. The third-order valence-electron chi connectivity index (χ3n) is 4.92. The van der Waals surface area contributed by atoms with Gasteiger partial charge < -0.3 is 4.52 Å². The number of sulfonamides is 1. The summed E-state index contributed by atoms with van der Waals surface area (Å²) in [5.41, 5.74) is 0.498. The Hall–Kier alpha value is -2.10. The average molecular weight is 422 g/mol. The number of nitrogens with zero attached hydrogens (tertiary/aromatic N) is 3. The van der Waals surface area contributed by atoms with Crippen LogP contribution in [0.25, 0.3) is 22.2 Å². The summed E-state index contributed by atoms with van der Waals surface area (Å²) in [6.45, 7) is 4.26. The SMILES string of the molecule is Cc1sc(-c2nc(-c3cccc(F)c3)no2)cc1S(=O)(=O)N1CCCC[C@H]1C. The van der Waals surface area contributed by atoms with Gasteiger partial charge >= 0.3 is 0 Å². The van der Waals surface area contributed by atoms with E-state index in [1.54, 1.807) is 29.4 Å². The molecule has 4 rings (SSSR count). The Morgan fingerprint density at radius 3 is 2.86 bits per heavy atom. The van der Waals surface area contributed by atoms with Crippen molar-refractivity contribution in [2.24, 2.45) is 0 Å². The summed E-state index contributed by atoms with van der Waals surface area (Å²) >= 11 is 1.30. The van der Waals surface area contributed by atoms with E-state index in [0.717, 1.165) is 19.3 Å². The number of piperidine rings is 1. The lowest BCUT2D eigenvalue weighted by Crippen LogP contribution is -2.41. The lowest BCUT2D eigenvalue weighted by atomic mass is 10.1. The van der Waals surface area contributed by atoms with Crippen LogP contribution in [0.1, 0.15) is 31.1 Å². The molecular weight excluding hydrogens is 401 g/mol. The summed E-state index contributed by atoms with van der Waals surface area (Å²) in [6, 6.07) is 7.50. The molecule has 148 valence electrons. The third kappa shape index (κ3) is 3.49. The highest BCUT2D eigenvalue weighted by Gasteiger charge is 2.33. The fourth-order valence-corrected chi connectivity index (χ4v) is 6.63. The molecule has 1 atom stereocenters. The molecule has 1 fully saturated rings. The van der Waals surface area contributed by atoms with Gasteiger partial charge in [0.1, 0.15) is 5.82 Å². The lowest BCUT2D eigenvalue weighted by Gasteiger charge is -2.32. The summed E-state index contributed by atoms with van der Waals surface area (Å²) in [5, 5.41) is 3.90. The quantitative estimate of drug-likeness (QED) is 0.621. The zero-order valence-corrected chi connectivity index (χ0v) is 17.2. The number of halogens is 1. The fraction of sp³-hybridized carbons (Fsp3) is 0.368. The number of aromatic nitrogens is 2. The summed E-state index contributed by atoms with van der Waals surface area (Å²) < 4.78 is 46.6. The molecule has 1 aliphatic rings. The fourth-order valence-electron chi connectivity index (χ4n) is 3.45. The largest absolute Gasteiger partial charge is 0.333 e. The van der Waals surface area contributed by atoms with Crippen molar-refractivity contribution in [3.05, 3.63) is 41.0 Å². The second kappa shape index (κ2) is 7.38. The molecule has 9 heteroatoms. The molecule has 0 spiro atoms. The van der Waals surface area contributed by atoms with E-state index in [-0.39, 0.29) is 28.5 Å². The first-order valence-corrected chi connectivity index (χ1v) is 11.3. The van der Waals surface area contributed by atoms with Gasteiger partial charge in [-0.3, -0.25) is 0 Å². The number of thiophene rings is 1. The molecule has 0 N–H and O–H groups in total. The minimum Gasteiger partial charge on any atom is -0.333 e. The van der Waals surface area contributed by atoms with E-state index in [0.29, 0.717) is 21.9 Å². The van der Waals surface area contributed by atoms with Crippen LogP contribution in [-0.2, 0) is 10.0 Å². The Kier molecular flexibility index (Phi) is 5.07. The first kappa shape index (κ1) is 19.2. The normalized spacial score (nSPS) is 18.5. The Balaban J connectivity index is 1.67. The van der Waals surface area contributed by atoms with Crippen LogP contribution in [0, 0.1) is 12.7 Å². The first-order chi connectivity index (χ1) is 13.4. The van der Waals surface area contributed by atoms with Crippen molar-refractivity contribution in [3.63, 3.8) is 0 Å². The number of hydrogen-bond acceptors (Lipinski definition) is 6. The zero-order valence-electron chi connectivity index (χ0n) is 15.6. The van der Waals surface area contributed by atoms with Crippen LogP contribution < -0.4 is 0 Å². The second-order valence-electron chi connectivity index (χ2n) is 6.93. The molecular formula is C19H20FN3O3S2. The molecule has 0 amide bonds. The summed E-state index contributed by atoms with van der Waals surface area (Å²) in [7, 11) is -3.58. The highest BCUT2D eigenvalue weighted by atomic mass is 32.2. The number of benzene rings is 1. The van der Waals surface area contributed by atoms with Crippen molar-refractivity contribution in [1.29, 1.82) is 0 Å². The molecule has 3 aromatic rings. The highest BCUT2D eigenvalue weighted by Crippen LogP contribution is 2.36. The maximum absolute atomic E-state index is 13.4. The lowest BCUT2D eigenvalue weighted by molar-refractivity contribution is 0.268. The molecule has 1 aromatic carbocycles. The summed E-state index contributed by atoms with van der Waals surface area (Å²) in [4.78, 5) is 5.86. The van der Waals surface area contributed by atoms with E-state index >= 15 is 0 Å². The highest BCUT2D eigenvalue weighted by molar-refractivity contribution is 7.89. The molecule has 0 aliphatic carbocycles. The molecule has 2 aromatic heterocycles. The Morgan fingerprint density at radius 2 is 2.11 bits per heavy atom. The summed E-state index contributed by atoms with van der Waals surface area (Å²) in [6.07, 6.45) is 2.79.